The van der Waals surface area contributed by atoms with Crippen molar-refractivity contribution < 1.29 is 23.8 Å². The summed E-state index contributed by atoms with van der Waals surface area (Å²) in [7, 11) is 3.02. The maximum Gasteiger partial charge on any atom is 0.262 e. The molecule has 0 aromatic heterocycles. The summed E-state index contributed by atoms with van der Waals surface area (Å²) in [5, 5.41) is 11.2. The van der Waals surface area contributed by atoms with Gasteiger partial charge < -0.3 is 24.4 Å². The summed E-state index contributed by atoms with van der Waals surface area (Å²) in [6.45, 7) is 0.0110. The summed E-state index contributed by atoms with van der Waals surface area (Å²) in [4.78, 5) is 26.5. The zero-order valence-electron chi connectivity index (χ0n) is 16.6. The number of rotatable bonds is 6. The fraction of sp³-hybridized carbons (Fsp3) is 0.227. The molecule has 0 fully saturated rings. The van der Waals surface area contributed by atoms with Gasteiger partial charge in [-0.1, -0.05) is 18.2 Å². The second-order valence-corrected chi connectivity index (χ2v) is 6.33. The number of para-hydroxylation sites is 2. The Bertz CT molecular complexity index is 1010. The van der Waals surface area contributed by atoms with E-state index in [1.165, 1.54) is 25.1 Å². The van der Waals surface area contributed by atoms with Gasteiger partial charge in [-0.2, -0.15) is 5.26 Å². The average molecular weight is 407 g/mol. The lowest BCUT2D eigenvalue weighted by Crippen LogP contribution is -2.49. The molecule has 0 aliphatic carbocycles. The van der Waals surface area contributed by atoms with Gasteiger partial charge in [0.2, 0.25) is 0 Å². The number of methoxy groups -OCH3 is 1. The molecule has 3 rings (SSSR count). The summed E-state index contributed by atoms with van der Waals surface area (Å²) in [6.07, 6.45) is 2.28. The molecule has 8 heteroatoms. The number of carbonyl (C=O) groups excluding carboxylic acids is 2. The molecule has 1 N–H and O–H groups in total. The first kappa shape index (κ1) is 20.7. The Balaban J connectivity index is 1.81. The summed E-state index contributed by atoms with van der Waals surface area (Å²) < 4.78 is 16.3. The topological polar surface area (TPSA) is 101 Å². The molecule has 2 aromatic rings. The number of benzene rings is 2. The first-order valence-corrected chi connectivity index (χ1v) is 9.22. The second kappa shape index (κ2) is 9.47. The molecular formula is C22H21N3O5. The van der Waals surface area contributed by atoms with Crippen molar-refractivity contribution >= 4 is 23.6 Å². The van der Waals surface area contributed by atoms with E-state index in [0.717, 1.165) is 0 Å². The summed E-state index contributed by atoms with van der Waals surface area (Å²) in [6, 6.07) is 14.1. The average Bonchev–Trinajstić information content (AvgIpc) is 2.79. The first-order valence-electron chi connectivity index (χ1n) is 9.22. The molecule has 154 valence electrons. The van der Waals surface area contributed by atoms with E-state index >= 15 is 0 Å². The fourth-order valence-corrected chi connectivity index (χ4v) is 3.02. The number of anilines is 1. The SMILES string of the molecule is CNC(=O)[C@@H]1CN(C(=O)/C=C/c2ccc(OCC#N)c(OC)c2)c2ccccc2O1. The van der Waals surface area contributed by atoms with Crippen LogP contribution in [0.5, 0.6) is 17.2 Å². The van der Waals surface area contributed by atoms with Crippen LogP contribution >= 0.6 is 0 Å². The molecule has 1 atom stereocenters. The van der Waals surface area contributed by atoms with Crippen LogP contribution in [0.3, 0.4) is 0 Å². The van der Waals surface area contributed by atoms with Crippen molar-refractivity contribution in [3.63, 3.8) is 0 Å². The highest BCUT2D eigenvalue weighted by Crippen LogP contribution is 2.33. The molecule has 0 unspecified atom stereocenters. The van der Waals surface area contributed by atoms with Crippen LogP contribution in [0.4, 0.5) is 5.69 Å². The minimum atomic E-state index is -0.793. The zero-order valence-corrected chi connectivity index (χ0v) is 16.6. The van der Waals surface area contributed by atoms with Crippen molar-refractivity contribution in [2.75, 3.05) is 32.2 Å². The number of amides is 2. The minimum Gasteiger partial charge on any atom is -0.493 e. The van der Waals surface area contributed by atoms with Crippen molar-refractivity contribution in [3.05, 3.63) is 54.1 Å². The van der Waals surface area contributed by atoms with Gasteiger partial charge in [0.05, 0.1) is 19.3 Å². The van der Waals surface area contributed by atoms with Gasteiger partial charge in [0, 0.05) is 13.1 Å². The van der Waals surface area contributed by atoms with Gasteiger partial charge in [0.25, 0.3) is 11.8 Å². The van der Waals surface area contributed by atoms with E-state index in [1.54, 1.807) is 48.5 Å². The van der Waals surface area contributed by atoms with Crippen LogP contribution in [0.15, 0.2) is 48.5 Å². The number of nitrogens with zero attached hydrogens (tertiary/aromatic N) is 2. The highest BCUT2D eigenvalue weighted by atomic mass is 16.5. The highest BCUT2D eigenvalue weighted by Gasteiger charge is 2.32. The van der Waals surface area contributed by atoms with Gasteiger partial charge in [-0.15, -0.1) is 0 Å². The third-order valence-corrected chi connectivity index (χ3v) is 4.48. The highest BCUT2D eigenvalue weighted by molar-refractivity contribution is 6.05. The third kappa shape index (κ3) is 4.52. The first-order chi connectivity index (χ1) is 14.6. The molecular weight excluding hydrogens is 386 g/mol. The second-order valence-electron chi connectivity index (χ2n) is 6.33. The number of nitriles is 1. The number of fused-ring (bicyclic) bond motifs is 1. The molecule has 2 amide bonds. The van der Waals surface area contributed by atoms with Crippen molar-refractivity contribution in [2.45, 2.75) is 6.10 Å². The van der Waals surface area contributed by atoms with E-state index in [1.807, 2.05) is 6.07 Å². The van der Waals surface area contributed by atoms with Crippen LogP contribution in [0.1, 0.15) is 5.56 Å². The van der Waals surface area contributed by atoms with Gasteiger partial charge >= 0.3 is 0 Å². The molecule has 0 saturated heterocycles. The molecule has 0 saturated carbocycles. The Labute approximate surface area is 174 Å². The molecule has 2 aromatic carbocycles. The molecule has 1 heterocycles. The minimum absolute atomic E-state index is 0.0903. The predicted octanol–water partition coefficient (Wildman–Crippen LogP) is 2.15. The van der Waals surface area contributed by atoms with Crippen LogP contribution in [0, 0.1) is 11.3 Å². The van der Waals surface area contributed by atoms with Gasteiger partial charge in [-0.25, -0.2) is 0 Å². The molecule has 0 bridgehead atoms. The number of carbonyl (C=O) groups is 2. The lowest BCUT2D eigenvalue weighted by Gasteiger charge is -2.33. The lowest BCUT2D eigenvalue weighted by molar-refractivity contribution is -0.127. The van der Waals surface area contributed by atoms with Crippen LogP contribution in [0.2, 0.25) is 0 Å². The molecule has 1 aliphatic heterocycles. The van der Waals surface area contributed by atoms with E-state index in [9.17, 15) is 9.59 Å². The van der Waals surface area contributed by atoms with Crippen LogP contribution < -0.4 is 24.4 Å². The monoisotopic (exact) mass is 407 g/mol. The predicted molar refractivity (Wildman–Crippen MR) is 110 cm³/mol. The maximum absolute atomic E-state index is 12.9. The van der Waals surface area contributed by atoms with Crippen molar-refractivity contribution in [2.24, 2.45) is 0 Å². The van der Waals surface area contributed by atoms with Crippen molar-refractivity contribution in [1.82, 2.24) is 5.32 Å². The third-order valence-electron chi connectivity index (χ3n) is 4.48. The number of likely N-dealkylation sites (N-methyl/N-ethyl adjacent to an activating group) is 1. The van der Waals surface area contributed by atoms with Gasteiger partial charge in [-0.3, -0.25) is 9.59 Å². The Morgan fingerprint density at radius 3 is 2.83 bits per heavy atom. The number of hydrogen-bond acceptors (Lipinski definition) is 6. The quantitative estimate of drug-likeness (QED) is 0.737. The van der Waals surface area contributed by atoms with E-state index in [4.69, 9.17) is 19.5 Å². The van der Waals surface area contributed by atoms with Crippen molar-refractivity contribution in [1.29, 1.82) is 5.26 Å². The van der Waals surface area contributed by atoms with E-state index in [0.29, 0.717) is 28.5 Å². The summed E-state index contributed by atoms with van der Waals surface area (Å²) in [5.41, 5.74) is 1.32. The molecule has 8 nitrogen and oxygen atoms in total. The summed E-state index contributed by atoms with van der Waals surface area (Å²) >= 11 is 0. The van der Waals surface area contributed by atoms with Crippen LogP contribution in [0.25, 0.3) is 6.08 Å². The number of hydrogen-bond donors (Lipinski definition) is 1. The van der Waals surface area contributed by atoms with Gasteiger partial charge in [0.15, 0.2) is 24.2 Å². The molecule has 0 spiro atoms. The molecule has 30 heavy (non-hydrogen) atoms. The zero-order chi connectivity index (χ0) is 21.5. The van der Waals surface area contributed by atoms with E-state index in [2.05, 4.69) is 5.32 Å². The largest absolute Gasteiger partial charge is 0.493 e. The van der Waals surface area contributed by atoms with E-state index in [-0.39, 0.29) is 25.0 Å². The standard InChI is InChI=1S/C22H21N3O5/c1-24-22(27)20-14-25(16-5-3-4-6-17(16)30-20)21(26)10-8-15-7-9-18(29-12-11-23)19(13-15)28-2/h3-10,13,20H,12,14H2,1-2H3,(H,24,27)/b10-8+/t20-/m0/s1. The van der Waals surface area contributed by atoms with Crippen LogP contribution in [-0.4, -0.2) is 45.2 Å². The fourth-order valence-electron chi connectivity index (χ4n) is 3.02. The smallest absolute Gasteiger partial charge is 0.262 e. The Hall–Kier alpha value is -3.99. The van der Waals surface area contributed by atoms with Gasteiger partial charge in [-0.05, 0) is 35.9 Å². The Morgan fingerprint density at radius 2 is 2.10 bits per heavy atom. The summed E-state index contributed by atoms with van der Waals surface area (Å²) in [5.74, 6) is 0.779. The Kier molecular flexibility index (Phi) is 6.55. The molecule has 1 aliphatic rings. The lowest BCUT2D eigenvalue weighted by atomic mass is 10.1. The number of nitrogens with one attached hydrogen (secondary N) is 1. The van der Waals surface area contributed by atoms with E-state index < -0.39 is 6.10 Å². The normalized spacial score (nSPS) is 15.0. The Morgan fingerprint density at radius 1 is 1.30 bits per heavy atom. The molecule has 0 radical (unpaired) electrons. The number of ether oxygens (including phenoxy) is 3. The maximum atomic E-state index is 12.9. The van der Waals surface area contributed by atoms with Crippen LogP contribution in [-0.2, 0) is 9.59 Å². The van der Waals surface area contributed by atoms with Gasteiger partial charge in [0.1, 0.15) is 11.8 Å². The van der Waals surface area contributed by atoms with Crippen molar-refractivity contribution in [3.8, 4) is 23.3 Å².